The standard InChI is InChI=1S/C18H32O4.C17H30O4.C16H28O4.C15H26O4.C14H24O4.2C8H10.C7H7Cl.C7H7F/c1-3-4-5-8-16-9-11-17(12-10-16)18(20)22-14-7-6-13-21-15(2)19;1-3-4-7-15-8-10-16(11-9-15)17(19)21-13-6-5-12-20-14(2)18;1-3-4-5-6-14-7-9-15(10-8-14)16(18)20-12-11-19-13(2)17;1-3-4-5-13-6-8-14(9-7-13)15(17)19-11-10-18-12(2)16;1-3-4-12-5-7-13(8-6-12)14(16)18-10-9-17-11(2)15;2*1-7-3-5-8(2)6-4-7;2*1-6-2-4-7(8)5-3-6/h16-17H,3-14H2,1-2H3;15-16H,3-13H2,1-2H3;14-15H,3-12H2,1-2H3;13-14H,3-11H2,1-2H3;12-13H,3-10H2,1-2H3;2*3-6H,1-2H3;2*2-5H,1H3. The molecule has 22 heteroatoms. The summed E-state index contributed by atoms with van der Waals surface area (Å²) < 4.78 is 62.0. The number of esters is 10. The minimum absolute atomic E-state index is 0.0282. The van der Waals surface area contributed by atoms with Gasteiger partial charge in [-0.25, -0.2) is 4.39 Å². The number of carbonyl (C=O) groups is 10. The maximum atomic E-state index is 12.1. The quantitative estimate of drug-likeness (QED) is 0.0227. The van der Waals surface area contributed by atoms with E-state index < -0.39 is 0 Å². The lowest BCUT2D eigenvalue weighted by Gasteiger charge is -2.27. The molecule has 4 aromatic carbocycles. The van der Waals surface area contributed by atoms with Crippen LogP contribution >= 0.6 is 11.6 Å². The molecule has 0 aromatic heterocycles. The SMILES string of the molecule is CCCC1CCC(C(=O)OCCOC(C)=O)CC1.CCCCC1CCC(C(=O)OCCCCOC(C)=O)CC1.CCCCC1CCC(C(=O)OCCOC(C)=O)CC1.CCCCCC1CCC(C(=O)OCCCCOC(C)=O)CC1.CCCCCC1CCC(C(=O)OCCOC(C)=O)CC1.Cc1ccc(C)cc1.Cc1ccc(C)cc1.Cc1ccc(Cl)cc1.Cc1ccc(F)cc1. The Bertz CT molecular complexity index is 3370. The third-order valence-electron chi connectivity index (χ3n) is 24.5. The van der Waals surface area contributed by atoms with Crippen LogP contribution in [0.15, 0.2) is 97.1 Å². The lowest BCUT2D eigenvalue weighted by atomic mass is 9.80. The van der Waals surface area contributed by atoms with Crippen LogP contribution in [0.5, 0.6) is 0 Å². The van der Waals surface area contributed by atoms with E-state index in [-0.39, 0.29) is 135 Å². The number of hydrogen-bond acceptors (Lipinski definition) is 20. The molecular formula is C110H174ClFO20. The van der Waals surface area contributed by atoms with Gasteiger partial charge in [0.2, 0.25) is 0 Å². The summed E-state index contributed by atoms with van der Waals surface area (Å²) in [4.78, 5) is 112. The largest absolute Gasteiger partial charge is 0.466 e. The minimum atomic E-state index is -0.342. The molecule has 5 aliphatic carbocycles. The van der Waals surface area contributed by atoms with Crippen LogP contribution in [-0.4, -0.2) is 126 Å². The van der Waals surface area contributed by atoms with Crippen LogP contribution in [0.3, 0.4) is 0 Å². The molecule has 0 atom stereocenters. The van der Waals surface area contributed by atoms with Crippen molar-refractivity contribution >= 4 is 71.3 Å². The van der Waals surface area contributed by atoms with Gasteiger partial charge in [0.25, 0.3) is 0 Å². The second kappa shape index (κ2) is 79.1. The van der Waals surface area contributed by atoms with Gasteiger partial charge in [0, 0.05) is 39.6 Å². The first-order valence-electron chi connectivity index (χ1n) is 50.3. The van der Waals surface area contributed by atoms with E-state index in [1.165, 1.54) is 203 Å². The molecule has 0 radical (unpaired) electrons. The summed E-state index contributed by atoms with van der Waals surface area (Å²) in [5.74, 6) is 2.25. The van der Waals surface area contributed by atoms with Gasteiger partial charge >= 0.3 is 59.7 Å². The Hall–Kier alpha value is -8.20. The molecule has 4 aromatic rings. The van der Waals surface area contributed by atoms with Crippen LogP contribution in [0.2, 0.25) is 5.02 Å². The summed E-state index contributed by atoms with van der Waals surface area (Å²) in [5.41, 5.74) is 7.65. The fourth-order valence-electron chi connectivity index (χ4n) is 16.3. The first-order valence-corrected chi connectivity index (χ1v) is 50.7. The van der Waals surface area contributed by atoms with Crippen LogP contribution in [0.25, 0.3) is 0 Å². The first-order chi connectivity index (χ1) is 63.3. The van der Waals surface area contributed by atoms with Crippen LogP contribution < -0.4 is 0 Å². The highest BCUT2D eigenvalue weighted by Crippen LogP contribution is 2.37. The highest BCUT2D eigenvalue weighted by atomic mass is 35.5. The van der Waals surface area contributed by atoms with Crippen LogP contribution in [0.1, 0.15) is 359 Å². The Labute approximate surface area is 800 Å². The predicted octanol–water partition coefficient (Wildman–Crippen LogP) is 26.8. The van der Waals surface area contributed by atoms with E-state index in [4.69, 9.17) is 59.0 Å². The summed E-state index contributed by atoms with van der Waals surface area (Å²) in [5, 5.41) is 0.801. The van der Waals surface area contributed by atoms with E-state index in [0.717, 1.165) is 169 Å². The highest BCUT2D eigenvalue weighted by molar-refractivity contribution is 6.30. The number of carbonyl (C=O) groups excluding carboxylic acids is 10. The zero-order valence-corrected chi connectivity index (χ0v) is 85.0. The molecule has 0 bridgehead atoms. The molecule has 5 saturated carbocycles. The van der Waals surface area contributed by atoms with Gasteiger partial charge in [-0.2, -0.15) is 0 Å². The lowest BCUT2D eigenvalue weighted by molar-refractivity contribution is -0.155. The van der Waals surface area contributed by atoms with Crippen molar-refractivity contribution in [1.82, 2.24) is 0 Å². The van der Waals surface area contributed by atoms with Gasteiger partial charge in [-0.3, -0.25) is 47.9 Å². The Morgan fingerprint density at radius 1 is 0.235 bits per heavy atom. The average Bonchev–Trinajstić information content (AvgIpc) is 0.907. The second-order valence-corrected chi connectivity index (χ2v) is 36.9. The van der Waals surface area contributed by atoms with Crippen molar-refractivity contribution in [3.05, 3.63) is 141 Å². The first kappa shape index (κ1) is 122. The van der Waals surface area contributed by atoms with Gasteiger partial charge in [-0.15, -0.1) is 0 Å². The molecule has 0 N–H and O–H groups in total. The van der Waals surface area contributed by atoms with Crippen molar-refractivity contribution < 1.29 is 99.7 Å². The zero-order chi connectivity index (χ0) is 97.9. The molecule has 0 saturated heterocycles. The molecule has 132 heavy (non-hydrogen) atoms. The second-order valence-electron chi connectivity index (χ2n) is 36.5. The topological polar surface area (TPSA) is 263 Å². The summed E-state index contributed by atoms with van der Waals surface area (Å²) in [6, 6.07) is 31.1. The molecule has 0 amide bonds. The van der Waals surface area contributed by atoms with Gasteiger partial charge in [0.1, 0.15) is 45.5 Å². The Balaban J connectivity index is 0.000000760. The van der Waals surface area contributed by atoms with Crippen molar-refractivity contribution in [2.24, 2.45) is 59.2 Å². The van der Waals surface area contributed by atoms with Gasteiger partial charge < -0.3 is 47.4 Å². The van der Waals surface area contributed by atoms with Gasteiger partial charge in [-0.05, 0) is 249 Å². The normalized spacial score (nSPS) is 19.1. The van der Waals surface area contributed by atoms with Crippen molar-refractivity contribution in [1.29, 1.82) is 0 Å². The Kier molecular flexibility index (Phi) is 73.0. The van der Waals surface area contributed by atoms with Gasteiger partial charge in [0.15, 0.2) is 0 Å². The Morgan fingerprint density at radius 2 is 0.417 bits per heavy atom. The molecule has 5 fully saturated rings. The van der Waals surface area contributed by atoms with Crippen molar-refractivity contribution in [2.75, 3.05) is 66.1 Å². The van der Waals surface area contributed by atoms with Gasteiger partial charge in [-0.1, -0.05) is 255 Å². The minimum Gasteiger partial charge on any atom is -0.466 e. The third-order valence-corrected chi connectivity index (χ3v) is 24.7. The number of benzene rings is 4. The van der Waals surface area contributed by atoms with Crippen LogP contribution in [-0.2, 0) is 95.3 Å². The van der Waals surface area contributed by atoms with Crippen LogP contribution in [0, 0.1) is 107 Å². The Morgan fingerprint density at radius 3 is 0.621 bits per heavy atom. The molecule has 0 unspecified atom stereocenters. The number of halogens is 2. The maximum Gasteiger partial charge on any atom is 0.309 e. The van der Waals surface area contributed by atoms with Gasteiger partial charge in [0.05, 0.1) is 56.0 Å². The maximum absolute atomic E-state index is 12.1. The van der Waals surface area contributed by atoms with E-state index in [1.807, 2.05) is 38.1 Å². The highest BCUT2D eigenvalue weighted by Gasteiger charge is 2.32. The number of unbranched alkanes of at least 4 members (excludes halogenated alkanes) is 8. The van der Waals surface area contributed by atoms with Crippen molar-refractivity contribution in [3.8, 4) is 0 Å². The van der Waals surface area contributed by atoms with Crippen molar-refractivity contribution in [2.45, 2.75) is 368 Å². The molecule has 9 rings (SSSR count). The van der Waals surface area contributed by atoms with Crippen LogP contribution in [0.4, 0.5) is 4.39 Å². The van der Waals surface area contributed by atoms with E-state index in [0.29, 0.717) is 26.4 Å². The number of hydrogen-bond donors (Lipinski definition) is 0. The molecule has 748 valence electrons. The summed E-state index contributed by atoms with van der Waals surface area (Å²) in [6.07, 6.45) is 44.9. The molecular weight excluding hydrogens is 1700 g/mol. The lowest BCUT2D eigenvalue weighted by Crippen LogP contribution is -2.25. The van der Waals surface area contributed by atoms with E-state index >= 15 is 0 Å². The summed E-state index contributed by atoms with van der Waals surface area (Å²) >= 11 is 5.61. The number of aryl methyl sites for hydroxylation is 6. The number of ether oxygens (including phenoxy) is 10. The molecule has 20 nitrogen and oxygen atoms in total. The summed E-state index contributed by atoms with van der Waals surface area (Å²) in [7, 11) is 0. The predicted molar refractivity (Wildman–Crippen MR) is 525 cm³/mol. The van der Waals surface area contributed by atoms with E-state index in [9.17, 15) is 52.3 Å². The molecule has 0 aliphatic heterocycles. The average molecular weight is 1870 g/mol. The smallest absolute Gasteiger partial charge is 0.309 e. The monoisotopic (exact) mass is 1870 g/mol. The summed E-state index contributed by atoms with van der Waals surface area (Å²) in [6.45, 7) is 33.0. The number of rotatable bonds is 40. The molecule has 0 spiro atoms. The molecule has 5 aliphatic rings. The van der Waals surface area contributed by atoms with Crippen molar-refractivity contribution in [3.63, 3.8) is 0 Å². The molecule has 0 heterocycles. The fourth-order valence-corrected chi connectivity index (χ4v) is 16.4. The van der Waals surface area contributed by atoms with E-state index in [2.05, 4.69) is 111 Å². The zero-order valence-electron chi connectivity index (χ0n) is 84.3. The fraction of sp³-hybridized carbons (Fsp3) is 0.691. The van der Waals surface area contributed by atoms with E-state index in [1.54, 1.807) is 12.1 Å². The third kappa shape index (κ3) is 67.9.